The van der Waals surface area contributed by atoms with Gasteiger partial charge < -0.3 is 68.5 Å². The highest BCUT2D eigenvalue weighted by Gasteiger charge is 2.53. The number of aliphatic hydroxyl groups is 5. The van der Waals surface area contributed by atoms with Crippen LogP contribution >= 0.6 is 0 Å². The maximum Gasteiger partial charge on any atom is 0.419 e. The van der Waals surface area contributed by atoms with Gasteiger partial charge in [-0.15, -0.1) is 0 Å². The molecule has 0 spiro atoms. The smallest absolute Gasteiger partial charge is 0.419 e. The molecule has 24 heteroatoms. The normalized spacial score (nSPS) is 40.6. The summed E-state index contributed by atoms with van der Waals surface area (Å²) in [7, 11) is 4.51. The number of rotatable bonds is 15. The topological polar surface area (TPSA) is 275 Å². The SMILES string of the molecule is CC[C@H]1OC(=O)[C@H](C)[C@@H](O[C@H]2C[C@@](C)(OC)[C@@H](O)[C@H](C)O2)[C@H](C)[C@@H](O[C@@H]2O[C@H](C)C[C@H](N(C)CCCC3CN(C=C4CN(c5ccc(S(=O)(=O)N(C)C)cc5)C(=O)O4)N=N3)[C@H]2O)[C@](C)(O)C[C@@H](C)CN(C)[C@H](C)[C@@H](O)[C@]1(C)O. The minimum Gasteiger partial charge on any atom is -0.459 e. The van der Waals surface area contributed by atoms with E-state index in [1.807, 2.05) is 32.8 Å². The Bertz CT molecular complexity index is 2350. The van der Waals surface area contributed by atoms with Gasteiger partial charge in [0, 0.05) is 57.9 Å². The van der Waals surface area contributed by atoms with Crippen LogP contribution in [0.5, 0.6) is 0 Å². The van der Waals surface area contributed by atoms with Crippen LogP contribution in [0.2, 0.25) is 0 Å². The van der Waals surface area contributed by atoms with Crippen molar-refractivity contribution < 1.29 is 76.7 Å². The standard InChI is InChI=1S/C54H91N7O16S/c1-16-42-54(10,68)46(63)35(6)59(14)27-31(2)25-52(8,67)48(33(4)45(34(5)49(65)75-42)76-43-26-53(9,71-15)47(64)36(7)73-43)77-50-44(62)41(24-32(3)72-50)58(13)23-17-18-37-28-60(56-55-37)29-39-30-61(51(66)74-39)38-19-21-40(22-20-38)78(69,70)57(11)12/h19-22,29,31-37,41-48,50,62-64,67-68H,16-18,23-28,30H2,1-15H3/t31-,32-,33+,34-,35-,36+,37?,41+,42-,43+,44-,45+,46-,47+,48-,50+,52-,53-,54-/m1/s1. The second-order valence-electron chi connectivity index (χ2n) is 23.6. The number of esters is 1. The zero-order chi connectivity index (χ0) is 58.0. The third-order valence-corrected chi connectivity index (χ3v) is 18.7. The number of hydrogen-bond acceptors (Lipinski definition) is 21. The van der Waals surface area contributed by atoms with Gasteiger partial charge in [0.05, 0.1) is 71.8 Å². The van der Waals surface area contributed by atoms with E-state index in [1.54, 1.807) is 71.8 Å². The average molecular weight is 1130 g/mol. The van der Waals surface area contributed by atoms with Crippen LogP contribution in [0.15, 0.2) is 51.5 Å². The average Bonchev–Trinajstić information content (AvgIpc) is 3.99. The number of nitrogens with zero attached hydrogens (tertiary/aromatic N) is 7. The molecular formula is C54H91N7O16S. The Morgan fingerprint density at radius 1 is 0.923 bits per heavy atom. The summed E-state index contributed by atoms with van der Waals surface area (Å²) in [5.74, 6) is -2.50. The Morgan fingerprint density at radius 3 is 2.22 bits per heavy atom. The lowest BCUT2D eigenvalue weighted by Crippen LogP contribution is -2.60. The Morgan fingerprint density at radius 2 is 1.59 bits per heavy atom. The number of benzene rings is 1. The summed E-state index contributed by atoms with van der Waals surface area (Å²) in [6.45, 7) is 19.0. The summed E-state index contributed by atoms with van der Waals surface area (Å²) in [5, 5.41) is 70.2. The number of anilines is 1. The van der Waals surface area contributed by atoms with Gasteiger partial charge in [0.25, 0.3) is 0 Å². The molecule has 0 bridgehead atoms. The van der Waals surface area contributed by atoms with E-state index in [4.69, 9.17) is 33.2 Å². The monoisotopic (exact) mass is 1130 g/mol. The van der Waals surface area contributed by atoms with Crippen LogP contribution < -0.4 is 4.90 Å². The van der Waals surface area contributed by atoms with Gasteiger partial charge in [-0.2, -0.15) is 5.11 Å². The van der Waals surface area contributed by atoms with Gasteiger partial charge in [0.15, 0.2) is 12.6 Å². The minimum absolute atomic E-state index is 0.0842. The second kappa shape index (κ2) is 25.8. The van der Waals surface area contributed by atoms with E-state index < -0.39 is 118 Å². The molecular weight excluding hydrogens is 1030 g/mol. The number of ether oxygens (including phenoxy) is 7. The molecule has 1 aromatic carbocycles. The predicted molar refractivity (Wildman–Crippen MR) is 287 cm³/mol. The summed E-state index contributed by atoms with van der Waals surface area (Å²) < 4.78 is 70.0. The highest BCUT2D eigenvalue weighted by Crippen LogP contribution is 2.41. The van der Waals surface area contributed by atoms with Crippen molar-refractivity contribution >= 4 is 27.8 Å². The molecule has 5 N–H and O–H groups in total. The number of aliphatic hydroxyl groups excluding tert-OH is 3. The Labute approximate surface area is 461 Å². The molecule has 1 aromatic rings. The van der Waals surface area contributed by atoms with E-state index in [-0.39, 0.29) is 48.8 Å². The minimum atomic E-state index is -3.64. The number of hydrogen-bond donors (Lipinski definition) is 5. The molecule has 444 valence electrons. The van der Waals surface area contributed by atoms with E-state index in [9.17, 15) is 43.5 Å². The van der Waals surface area contributed by atoms with Gasteiger partial charge in [-0.3, -0.25) is 9.69 Å². The molecule has 5 aliphatic rings. The number of likely N-dealkylation sites (N-methyl/N-ethyl adjacent to an activating group) is 2. The first kappa shape index (κ1) is 63.7. The van der Waals surface area contributed by atoms with E-state index >= 15 is 0 Å². The van der Waals surface area contributed by atoms with Crippen LogP contribution in [-0.2, 0) is 48.0 Å². The zero-order valence-electron chi connectivity index (χ0n) is 48.5. The highest BCUT2D eigenvalue weighted by atomic mass is 32.2. The largest absolute Gasteiger partial charge is 0.459 e. The number of carbonyl (C=O) groups excluding carboxylic acids is 2. The number of methoxy groups -OCH3 is 1. The molecule has 5 heterocycles. The molecule has 5 aliphatic heterocycles. The molecule has 0 radical (unpaired) electrons. The molecule has 4 fully saturated rings. The summed E-state index contributed by atoms with van der Waals surface area (Å²) >= 11 is 0. The van der Waals surface area contributed by atoms with Crippen molar-refractivity contribution in [2.24, 2.45) is 28.1 Å². The third kappa shape index (κ3) is 14.4. The fraction of sp³-hybridized carbons (Fsp3) is 0.815. The van der Waals surface area contributed by atoms with Crippen molar-refractivity contribution in [3.8, 4) is 0 Å². The van der Waals surface area contributed by atoms with E-state index in [2.05, 4.69) is 15.2 Å². The third-order valence-electron chi connectivity index (χ3n) is 16.9. The lowest BCUT2D eigenvalue weighted by molar-refractivity contribution is -0.318. The molecule has 6 rings (SSSR count). The van der Waals surface area contributed by atoms with Crippen LogP contribution in [0.1, 0.15) is 108 Å². The van der Waals surface area contributed by atoms with Crippen LogP contribution in [0.25, 0.3) is 0 Å². The van der Waals surface area contributed by atoms with Crippen molar-refractivity contribution in [1.29, 1.82) is 0 Å². The van der Waals surface area contributed by atoms with Crippen molar-refractivity contribution in [3.63, 3.8) is 0 Å². The highest BCUT2D eigenvalue weighted by molar-refractivity contribution is 7.89. The lowest BCUT2D eigenvalue weighted by atomic mass is 9.77. The van der Waals surface area contributed by atoms with Gasteiger partial charge in [-0.05, 0) is 131 Å². The second-order valence-corrected chi connectivity index (χ2v) is 25.8. The zero-order valence-corrected chi connectivity index (χ0v) is 49.3. The molecule has 19 atom stereocenters. The molecule has 78 heavy (non-hydrogen) atoms. The van der Waals surface area contributed by atoms with E-state index in [0.717, 1.165) is 4.31 Å². The first-order valence-electron chi connectivity index (χ1n) is 27.5. The van der Waals surface area contributed by atoms with E-state index in [0.29, 0.717) is 50.3 Å². The molecule has 0 aliphatic carbocycles. The molecule has 23 nitrogen and oxygen atoms in total. The summed E-state index contributed by atoms with van der Waals surface area (Å²) in [6.07, 6.45) is -6.93. The van der Waals surface area contributed by atoms with Crippen LogP contribution in [-0.4, -0.2) is 223 Å². The van der Waals surface area contributed by atoms with Crippen LogP contribution in [0.4, 0.5) is 10.5 Å². The van der Waals surface area contributed by atoms with Gasteiger partial charge in [0.1, 0.15) is 35.8 Å². The van der Waals surface area contributed by atoms with Crippen LogP contribution in [0.3, 0.4) is 0 Å². The van der Waals surface area contributed by atoms with Gasteiger partial charge in [0.2, 0.25) is 10.0 Å². The summed E-state index contributed by atoms with van der Waals surface area (Å²) in [4.78, 5) is 32.8. The number of carbonyl (C=O) groups is 2. The maximum atomic E-state index is 14.5. The van der Waals surface area contributed by atoms with E-state index in [1.165, 1.54) is 45.2 Å². The molecule has 0 aromatic heterocycles. The van der Waals surface area contributed by atoms with Crippen LogP contribution in [0, 0.1) is 17.8 Å². The predicted octanol–water partition coefficient (Wildman–Crippen LogP) is 3.85. The molecule has 1 amide bonds. The summed E-state index contributed by atoms with van der Waals surface area (Å²) in [5.41, 5.74) is -4.11. The van der Waals surface area contributed by atoms with Gasteiger partial charge in [-0.25, -0.2) is 22.5 Å². The van der Waals surface area contributed by atoms with Gasteiger partial charge in [-0.1, -0.05) is 26.0 Å². The van der Waals surface area contributed by atoms with Crippen molar-refractivity contribution in [3.05, 3.63) is 36.2 Å². The number of sulfonamides is 1. The molecule has 4 saturated heterocycles. The number of amides is 1. The fourth-order valence-corrected chi connectivity index (χ4v) is 12.8. The van der Waals surface area contributed by atoms with Gasteiger partial charge >= 0.3 is 12.1 Å². The first-order valence-corrected chi connectivity index (χ1v) is 29.0. The fourth-order valence-electron chi connectivity index (χ4n) is 11.9. The molecule has 1 unspecified atom stereocenters. The first-order chi connectivity index (χ1) is 36.3. The Balaban J connectivity index is 1.17. The Kier molecular flexibility index (Phi) is 21.0. The lowest BCUT2D eigenvalue weighted by Gasteiger charge is -2.49. The quantitative estimate of drug-likeness (QED) is 0.156. The Hall–Kier alpha value is -3.47. The molecule has 0 saturated carbocycles. The van der Waals surface area contributed by atoms with Crippen molar-refractivity contribution in [1.82, 2.24) is 19.1 Å². The number of cyclic esters (lactones) is 2. The maximum absolute atomic E-state index is 14.5. The summed E-state index contributed by atoms with van der Waals surface area (Å²) in [6, 6.07) is 4.83. The van der Waals surface area contributed by atoms with Crippen molar-refractivity contribution in [2.75, 3.05) is 66.4 Å². The van der Waals surface area contributed by atoms with Crippen molar-refractivity contribution in [2.45, 2.75) is 209 Å².